The molecule has 2 heterocycles. The van der Waals surface area contributed by atoms with Gasteiger partial charge in [0.25, 0.3) is 0 Å². The van der Waals surface area contributed by atoms with E-state index in [0.717, 1.165) is 22.1 Å². The summed E-state index contributed by atoms with van der Waals surface area (Å²) in [6.45, 7) is 8.23. The molecule has 0 bridgehead atoms. The summed E-state index contributed by atoms with van der Waals surface area (Å²) in [4.78, 5) is 3.26. The van der Waals surface area contributed by atoms with Crippen LogP contribution in [0.2, 0.25) is 0 Å². The van der Waals surface area contributed by atoms with Gasteiger partial charge in [-0.3, -0.25) is 0 Å². The molecule has 106 valence electrons. The van der Waals surface area contributed by atoms with Crippen molar-refractivity contribution < 1.29 is 14.0 Å². The fourth-order valence-corrected chi connectivity index (χ4v) is 2.41. The summed E-state index contributed by atoms with van der Waals surface area (Å²) in [6.07, 6.45) is 1.95. The van der Waals surface area contributed by atoms with Crippen LogP contribution in [0, 0.1) is 0 Å². The van der Waals surface area contributed by atoms with Gasteiger partial charge in [-0.05, 0) is 45.9 Å². The van der Waals surface area contributed by atoms with Crippen LogP contribution in [-0.2, 0) is 9.31 Å². The summed E-state index contributed by atoms with van der Waals surface area (Å²) in [5.74, 6) is 0.829. The summed E-state index contributed by atoms with van der Waals surface area (Å²) in [7, 11) is 1.31. The van der Waals surface area contributed by atoms with E-state index in [-0.39, 0.29) is 18.3 Å². The van der Waals surface area contributed by atoms with Gasteiger partial charge in [-0.1, -0.05) is 0 Å². The number of hydrogen-bond donors (Lipinski definition) is 1. The molecule has 0 aliphatic carbocycles. The Morgan fingerprint density at radius 3 is 2.35 bits per heavy atom. The number of nitrogens with one attached hydrogen (secondary N) is 1. The molecule has 1 aromatic carbocycles. The van der Waals surface area contributed by atoms with Crippen LogP contribution in [0.15, 0.2) is 24.4 Å². The molecule has 0 amide bonds. The number of benzene rings is 1. The third-order valence-electron chi connectivity index (χ3n) is 4.43. The molecule has 1 fully saturated rings. The van der Waals surface area contributed by atoms with Gasteiger partial charge in [-0.2, -0.15) is 0 Å². The standard InChI is InChI=1S/C15H20BNO3/c1-14(2)15(3,4)20-16(19-14)12-9-17-13-7-6-10(18-5)8-11(12)13/h6-9,17H,1-5H3. The number of fused-ring (bicyclic) bond motifs is 1. The van der Waals surface area contributed by atoms with E-state index in [9.17, 15) is 0 Å². The Morgan fingerprint density at radius 1 is 1.10 bits per heavy atom. The molecule has 20 heavy (non-hydrogen) atoms. The molecule has 1 saturated heterocycles. The molecule has 0 spiro atoms. The highest BCUT2D eigenvalue weighted by Crippen LogP contribution is 2.37. The third kappa shape index (κ3) is 1.93. The van der Waals surface area contributed by atoms with Crippen LogP contribution in [0.3, 0.4) is 0 Å². The minimum atomic E-state index is -0.360. The van der Waals surface area contributed by atoms with Crippen molar-refractivity contribution in [1.82, 2.24) is 4.98 Å². The predicted octanol–water partition coefficient (Wildman–Crippen LogP) is 2.48. The van der Waals surface area contributed by atoms with Gasteiger partial charge in [0.2, 0.25) is 0 Å². The molecule has 2 aromatic rings. The largest absolute Gasteiger partial charge is 0.497 e. The maximum atomic E-state index is 6.11. The Kier molecular flexibility index (Phi) is 2.89. The molecule has 3 rings (SSSR count). The van der Waals surface area contributed by atoms with Crippen molar-refractivity contribution in [2.24, 2.45) is 0 Å². The Hall–Kier alpha value is -1.46. The van der Waals surface area contributed by atoms with E-state index < -0.39 is 0 Å². The van der Waals surface area contributed by atoms with E-state index in [1.54, 1.807) is 7.11 Å². The lowest BCUT2D eigenvalue weighted by atomic mass is 9.79. The zero-order chi connectivity index (χ0) is 14.5. The van der Waals surface area contributed by atoms with E-state index in [1.165, 1.54) is 0 Å². The minimum Gasteiger partial charge on any atom is -0.497 e. The van der Waals surface area contributed by atoms with Crippen molar-refractivity contribution in [1.29, 1.82) is 0 Å². The highest BCUT2D eigenvalue weighted by molar-refractivity contribution is 6.65. The highest BCUT2D eigenvalue weighted by Gasteiger charge is 2.52. The van der Waals surface area contributed by atoms with E-state index >= 15 is 0 Å². The second kappa shape index (κ2) is 4.27. The number of H-pyrrole nitrogens is 1. The number of ether oxygens (including phenoxy) is 1. The van der Waals surface area contributed by atoms with Gasteiger partial charge < -0.3 is 19.0 Å². The van der Waals surface area contributed by atoms with Gasteiger partial charge in [-0.15, -0.1) is 0 Å². The number of aromatic nitrogens is 1. The maximum Gasteiger partial charge on any atom is 0.497 e. The van der Waals surface area contributed by atoms with Crippen molar-refractivity contribution in [3.8, 4) is 5.75 Å². The normalized spacial score (nSPS) is 20.6. The topological polar surface area (TPSA) is 43.5 Å². The summed E-state index contributed by atoms with van der Waals surface area (Å²) < 4.78 is 17.5. The van der Waals surface area contributed by atoms with Crippen LogP contribution < -0.4 is 10.2 Å². The first-order valence-electron chi connectivity index (χ1n) is 6.85. The van der Waals surface area contributed by atoms with Gasteiger partial charge in [-0.25, -0.2) is 0 Å². The molecule has 0 unspecified atom stereocenters. The van der Waals surface area contributed by atoms with Gasteiger partial charge in [0.1, 0.15) is 5.75 Å². The average Bonchev–Trinajstić information content (AvgIpc) is 2.87. The fourth-order valence-electron chi connectivity index (χ4n) is 2.41. The van der Waals surface area contributed by atoms with Crippen LogP contribution in [0.4, 0.5) is 0 Å². The number of rotatable bonds is 2. The molecule has 0 radical (unpaired) electrons. The molecule has 1 aliphatic heterocycles. The molecule has 1 aliphatic rings. The van der Waals surface area contributed by atoms with E-state index in [0.29, 0.717) is 0 Å². The summed E-state index contributed by atoms with van der Waals surface area (Å²) in [6, 6.07) is 5.95. The minimum absolute atomic E-state index is 0.333. The van der Waals surface area contributed by atoms with Gasteiger partial charge in [0.05, 0.1) is 18.3 Å². The molecule has 1 aromatic heterocycles. The maximum absolute atomic E-state index is 6.11. The Bertz CT molecular complexity index is 632. The van der Waals surface area contributed by atoms with E-state index in [4.69, 9.17) is 14.0 Å². The van der Waals surface area contributed by atoms with Gasteiger partial charge >= 0.3 is 7.12 Å². The van der Waals surface area contributed by atoms with E-state index in [1.807, 2.05) is 24.4 Å². The van der Waals surface area contributed by atoms with Gasteiger partial charge in [0.15, 0.2) is 0 Å². The van der Waals surface area contributed by atoms with Crippen molar-refractivity contribution in [2.45, 2.75) is 38.9 Å². The summed E-state index contributed by atoms with van der Waals surface area (Å²) >= 11 is 0. The number of methoxy groups -OCH3 is 1. The molecule has 4 nitrogen and oxygen atoms in total. The van der Waals surface area contributed by atoms with Crippen molar-refractivity contribution in [3.05, 3.63) is 24.4 Å². The van der Waals surface area contributed by atoms with Crippen molar-refractivity contribution in [2.75, 3.05) is 7.11 Å². The van der Waals surface area contributed by atoms with Crippen LogP contribution in [0.5, 0.6) is 5.75 Å². The Labute approximate surface area is 119 Å². The lowest BCUT2D eigenvalue weighted by molar-refractivity contribution is 0.00578. The first-order chi connectivity index (χ1) is 9.34. The van der Waals surface area contributed by atoms with Crippen LogP contribution in [0.25, 0.3) is 10.9 Å². The van der Waals surface area contributed by atoms with Crippen LogP contribution >= 0.6 is 0 Å². The highest BCUT2D eigenvalue weighted by atomic mass is 16.7. The lowest BCUT2D eigenvalue weighted by Crippen LogP contribution is -2.41. The second-order valence-electron chi connectivity index (χ2n) is 6.24. The zero-order valence-electron chi connectivity index (χ0n) is 12.6. The molecular weight excluding hydrogens is 253 g/mol. The zero-order valence-corrected chi connectivity index (χ0v) is 12.6. The Balaban J connectivity index is 2.03. The quantitative estimate of drug-likeness (QED) is 0.855. The van der Waals surface area contributed by atoms with Gasteiger partial charge in [0, 0.05) is 22.6 Å². The molecule has 0 saturated carbocycles. The SMILES string of the molecule is COc1ccc2[nH]cc(B3OC(C)(C)C(C)(C)O3)c2c1. The molecule has 5 heteroatoms. The first-order valence-corrected chi connectivity index (χ1v) is 6.85. The van der Waals surface area contributed by atoms with Crippen LogP contribution in [-0.4, -0.2) is 30.4 Å². The van der Waals surface area contributed by atoms with Crippen molar-refractivity contribution >= 4 is 23.5 Å². The average molecular weight is 273 g/mol. The second-order valence-corrected chi connectivity index (χ2v) is 6.24. The summed E-state index contributed by atoms with van der Waals surface area (Å²) in [5.41, 5.74) is 1.40. The fraction of sp³-hybridized carbons (Fsp3) is 0.467. The Morgan fingerprint density at radius 2 is 1.75 bits per heavy atom. The molecule has 1 N–H and O–H groups in total. The number of hydrogen-bond acceptors (Lipinski definition) is 3. The van der Waals surface area contributed by atoms with E-state index in [2.05, 4.69) is 32.7 Å². The first kappa shape index (κ1) is 13.5. The monoisotopic (exact) mass is 273 g/mol. The molecular formula is C15H20BNO3. The molecule has 0 atom stereocenters. The predicted molar refractivity (Wildman–Crippen MR) is 80.6 cm³/mol. The third-order valence-corrected chi connectivity index (χ3v) is 4.43. The lowest BCUT2D eigenvalue weighted by Gasteiger charge is -2.32. The van der Waals surface area contributed by atoms with Crippen molar-refractivity contribution in [3.63, 3.8) is 0 Å². The van der Waals surface area contributed by atoms with Crippen LogP contribution in [0.1, 0.15) is 27.7 Å². The smallest absolute Gasteiger partial charge is 0.497 e. The summed E-state index contributed by atoms with van der Waals surface area (Å²) in [5, 5.41) is 1.07. The number of aromatic amines is 1.